The van der Waals surface area contributed by atoms with Crippen LogP contribution in [0, 0.1) is 0 Å². The second-order valence-electron chi connectivity index (χ2n) is 3.86. The van der Waals surface area contributed by atoms with Gasteiger partial charge in [0.25, 0.3) is 0 Å². The number of carbonyl (C=O) groups is 2. The highest BCUT2D eigenvalue weighted by molar-refractivity contribution is 5.81. The summed E-state index contributed by atoms with van der Waals surface area (Å²) in [6, 6.07) is -0.204. The zero-order valence-electron chi connectivity index (χ0n) is 10.8. The lowest BCUT2D eigenvalue weighted by Gasteiger charge is -2.28. The molecule has 1 atom stereocenters. The smallest absolute Gasteiger partial charge is 0.306 e. The minimum absolute atomic E-state index is 0.0479. The van der Waals surface area contributed by atoms with Gasteiger partial charge in [0, 0.05) is 20.6 Å². The van der Waals surface area contributed by atoms with E-state index in [0.29, 0.717) is 13.0 Å². The Kier molecular flexibility index (Phi) is 6.72. The summed E-state index contributed by atoms with van der Waals surface area (Å²) in [6.07, 6.45) is 0.315. The molecule has 1 amide bonds. The van der Waals surface area contributed by atoms with Crippen molar-refractivity contribution in [1.82, 2.24) is 9.80 Å². The average molecular weight is 230 g/mol. The van der Waals surface area contributed by atoms with Gasteiger partial charge in [-0.25, -0.2) is 0 Å². The van der Waals surface area contributed by atoms with Crippen molar-refractivity contribution < 1.29 is 14.3 Å². The Morgan fingerprint density at radius 1 is 1.31 bits per heavy atom. The van der Waals surface area contributed by atoms with Crippen LogP contribution < -0.4 is 0 Å². The fourth-order valence-corrected chi connectivity index (χ4v) is 1.49. The predicted octanol–water partition coefficient (Wildman–Crippen LogP) is 0.348. The zero-order chi connectivity index (χ0) is 12.7. The highest BCUT2D eigenvalue weighted by Crippen LogP contribution is 2.03. The largest absolute Gasteiger partial charge is 0.469 e. The van der Waals surface area contributed by atoms with E-state index in [1.54, 1.807) is 19.0 Å². The molecule has 0 rings (SSSR count). The summed E-state index contributed by atoms with van der Waals surface area (Å²) in [5, 5.41) is 0. The van der Waals surface area contributed by atoms with E-state index in [2.05, 4.69) is 4.74 Å². The highest BCUT2D eigenvalue weighted by Gasteiger charge is 2.21. The Hall–Kier alpha value is -1.10. The molecule has 1 unspecified atom stereocenters. The molecular weight excluding hydrogens is 208 g/mol. The third-order valence-corrected chi connectivity index (χ3v) is 2.58. The van der Waals surface area contributed by atoms with Crippen LogP contribution in [0.3, 0.4) is 0 Å². The molecule has 0 aliphatic carbocycles. The first kappa shape index (κ1) is 14.9. The monoisotopic (exact) mass is 230 g/mol. The van der Waals surface area contributed by atoms with Gasteiger partial charge in [-0.1, -0.05) is 6.92 Å². The van der Waals surface area contributed by atoms with Crippen molar-refractivity contribution in [2.45, 2.75) is 26.3 Å². The topological polar surface area (TPSA) is 49.9 Å². The van der Waals surface area contributed by atoms with Crippen molar-refractivity contribution >= 4 is 11.9 Å². The SMILES string of the molecule is CCN(CCC(=O)OC)C(C)C(=O)N(C)C. The summed E-state index contributed by atoms with van der Waals surface area (Å²) in [5.74, 6) is -0.199. The summed E-state index contributed by atoms with van der Waals surface area (Å²) in [6.45, 7) is 5.10. The van der Waals surface area contributed by atoms with Crippen molar-refractivity contribution in [1.29, 1.82) is 0 Å². The maximum Gasteiger partial charge on any atom is 0.306 e. The lowest BCUT2D eigenvalue weighted by molar-refractivity contribution is -0.142. The molecule has 0 aliphatic rings. The molecule has 0 aromatic heterocycles. The number of esters is 1. The number of likely N-dealkylation sites (N-methyl/N-ethyl adjacent to an activating group) is 2. The molecule has 16 heavy (non-hydrogen) atoms. The Morgan fingerprint density at radius 2 is 1.88 bits per heavy atom. The van der Waals surface area contributed by atoms with E-state index in [1.807, 2.05) is 18.7 Å². The molecule has 0 aromatic rings. The molecule has 0 saturated carbocycles. The van der Waals surface area contributed by atoms with E-state index >= 15 is 0 Å². The quantitative estimate of drug-likeness (QED) is 0.618. The minimum Gasteiger partial charge on any atom is -0.469 e. The molecule has 0 aliphatic heterocycles. The van der Waals surface area contributed by atoms with E-state index in [4.69, 9.17) is 0 Å². The molecule has 5 nitrogen and oxygen atoms in total. The number of rotatable bonds is 6. The molecule has 0 fully saturated rings. The Balaban J connectivity index is 4.27. The van der Waals surface area contributed by atoms with Gasteiger partial charge in [0.2, 0.25) is 5.91 Å². The first-order valence-electron chi connectivity index (χ1n) is 5.46. The van der Waals surface area contributed by atoms with Gasteiger partial charge in [0.05, 0.1) is 19.6 Å². The van der Waals surface area contributed by atoms with Crippen LogP contribution >= 0.6 is 0 Å². The third kappa shape index (κ3) is 4.61. The van der Waals surface area contributed by atoms with Gasteiger partial charge in [0.15, 0.2) is 0 Å². The second-order valence-corrected chi connectivity index (χ2v) is 3.86. The van der Waals surface area contributed by atoms with Crippen molar-refractivity contribution in [3.8, 4) is 0 Å². The number of carbonyl (C=O) groups excluding carboxylic acids is 2. The summed E-state index contributed by atoms with van der Waals surface area (Å²) < 4.78 is 4.57. The molecule has 0 spiro atoms. The van der Waals surface area contributed by atoms with Crippen molar-refractivity contribution in [3.63, 3.8) is 0 Å². The molecule has 0 bridgehead atoms. The number of methoxy groups -OCH3 is 1. The van der Waals surface area contributed by atoms with Gasteiger partial charge in [-0.15, -0.1) is 0 Å². The maximum absolute atomic E-state index is 11.7. The first-order chi connectivity index (χ1) is 7.43. The molecule has 0 N–H and O–H groups in total. The van der Waals surface area contributed by atoms with Crippen LogP contribution in [0.5, 0.6) is 0 Å². The number of ether oxygens (including phenoxy) is 1. The summed E-state index contributed by atoms with van der Waals surface area (Å²) in [4.78, 5) is 26.3. The summed E-state index contributed by atoms with van der Waals surface area (Å²) in [5.41, 5.74) is 0. The minimum atomic E-state index is -0.247. The standard InChI is InChI=1S/C11H22N2O3/c1-6-13(8-7-10(14)16-5)9(2)11(15)12(3)4/h9H,6-8H2,1-5H3. The maximum atomic E-state index is 11.7. The van der Waals surface area contributed by atoms with Crippen LogP contribution in [0.4, 0.5) is 0 Å². The number of nitrogens with zero attached hydrogens (tertiary/aromatic N) is 2. The van der Waals surface area contributed by atoms with Crippen LogP contribution in [0.25, 0.3) is 0 Å². The molecule has 0 aromatic carbocycles. The van der Waals surface area contributed by atoms with E-state index < -0.39 is 0 Å². The first-order valence-corrected chi connectivity index (χ1v) is 5.46. The van der Waals surface area contributed by atoms with Crippen LogP contribution in [0.15, 0.2) is 0 Å². The Labute approximate surface area is 97.3 Å². The van der Waals surface area contributed by atoms with Gasteiger partial charge < -0.3 is 9.64 Å². The van der Waals surface area contributed by atoms with Crippen LogP contribution in [0.1, 0.15) is 20.3 Å². The zero-order valence-corrected chi connectivity index (χ0v) is 10.8. The Morgan fingerprint density at radius 3 is 2.25 bits per heavy atom. The molecule has 5 heteroatoms. The van der Waals surface area contributed by atoms with Gasteiger partial charge in [-0.2, -0.15) is 0 Å². The van der Waals surface area contributed by atoms with Crippen LogP contribution in [-0.2, 0) is 14.3 Å². The average Bonchev–Trinajstić information content (AvgIpc) is 2.27. The number of amides is 1. The van der Waals surface area contributed by atoms with Crippen molar-refractivity contribution in [3.05, 3.63) is 0 Å². The second kappa shape index (κ2) is 7.22. The fraction of sp³-hybridized carbons (Fsp3) is 0.818. The summed E-state index contributed by atoms with van der Waals surface area (Å²) >= 11 is 0. The van der Waals surface area contributed by atoms with Gasteiger partial charge >= 0.3 is 5.97 Å². The van der Waals surface area contributed by atoms with Crippen molar-refractivity contribution in [2.24, 2.45) is 0 Å². The molecule has 0 saturated heterocycles. The third-order valence-electron chi connectivity index (χ3n) is 2.58. The van der Waals surface area contributed by atoms with E-state index in [9.17, 15) is 9.59 Å². The normalized spacial score (nSPS) is 12.4. The molecular formula is C11H22N2O3. The van der Waals surface area contributed by atoms with Crippen molar-refractivity contribution in [2.75, 3.05) is 34.3 Å². The van der Waals surface area contributed by atoms with E-state index in [-0.39, 0.29) is 17.9 Å². The van der Waals surface area contributed by atoms with Gasteiger partial charge in [-0.3, -0.25) is 14.5 Å². The lowest BCUT2D eigenvalue weighted by Crippen LogP contribution is -2.45. The lowest BCUT2D eigenvalue weighted by atomic mass is 10.2. The van der Waals surface area contributed by atoms with Crippen LogP contribution in [-0.4, -0.2) is 62.0 Å². The predicted molar refractivity (Wildman–Crippen MR) is 62.0 cm³/mol. The van der Waals surface area contributed by atoms with Gasteiger partial charge in [-0.05, 0) is 13.5 Å². The summed E-state index contributed by atoms with van der Waals surface area (Å²) in [7, 11) is 4.83. The van der Waals surface area contributed by atoms with Gasteiger partial charge in [0.1, 0.15) is 0 Å². The highest BCUT2D eigenvalue weighted by atomic mass is 16.5. The molecule has 0 radical (unpaired) electrons. The van der Waals surface area contributed by atoms with E-state index in [0.717, 1.165) is 6.54 Å². The number of hydrogen-bond donors (Lipinski definition) is 0. The van der Waals surface area contributed by atoms with Crippen LogP contribution in [0.2, 0.25) is 0 Å². The number of hydrogen-bond acceptors (Lipinski definition) is 4. The molecule has 0 heterocycles. The van der Waals surface area contributed by atoms with E-state index in [1.165, 1.54) is 7.11 Å². The molecule has 94 valence electrons. The fourth-order valence-electron chi connectivity index (χ4n) is 1.49. The Bertz CT molecular complexity index is 241.